The second kappa shape index (κ2) is 9.52. The maximum atomic E-state index is 13.9. The van der Waals surface area contributed by atoms with E-state index in [1.54, 1.807) is 17.0 Å². The van der Waals surface area contributed by atoms with Crippen LogP contribution >= 0.6 is 23.5 Å². The third-order valence-corrected chi connectivity index (χ3v) is 8.11. The molecular weight excluding hydrogens is 482 g/mol. The van der Waals surface area contributed by atoms with Gasteiger partial charge in [-0.3, -0.25) is 9.69 Å². The fraction of sp³-hybridized carbons (Fsp3) is 0.115. The van der Waals surface area contributed by atoms with E-state index in [1.807, 2.05) is 91.0 Å². The van der Waals surface area contributed by atoms with Gasteiger partial charge >= 0.3 is 5.97 Å². The summed E-state index contributed by atoms with van der Waals surface area (Å²) in [5.74, 6) is -0.00845. The number of hydrogen-bond acceptors (Lipinski definition) is 8. The van der Waals surface area contributed by atoms with Crippen LogP contribution in [-0.2, 0) is 14.3 Å². The molecule has 1 spiro atoms. The van der Waals surface area contributed by atoms with Crippen molar-refractivity contribution >= 4 is 57.9 Å². The summed E-state index contributed by atoms with van der Waals surface area (Å²) in [7, 11) is 2.93. The molecule has 1 atom stereocenters. The van der Waals surface area contributed by atoms with Crippen molar-refractivity contribution < 1.29 is 19.1 Å². The van der Waals surface area contributed by atoms with Gasteiger partial charge in [-0.1, -0.05) is 60.3 Å². The predicted octanol–water partition coefficient (Wildman–Crippen LogP) is 5.17. The lowest BCUT2D eigenvalue weighted by molar-refractivity contribution is -0.132. The summed E-state index contributed by atoms with van der Waals surface area (Å²) in [6.07, 6.45) is 1.84. The van der Waals surface area contributed by atoms with Crippen molar-refractivity contribution in [2.24, 2.45) is 5.10 Å². The Balaban J connectivity index is 1.65. The quantitative estimate of drug-likeness (QED) is 0.351. The Bertz CT molecular complexity index is 1310. The van der Waals surface area contributed by atoms with Gasteiger partial charge in [-0.2, -0.15) is 5.10 Å². The standard InChI is InChI=1S/C26H21N3O4S2/c1-32-21-15-13-18(14-16-21)17-22-24(30)28(19-9-5-3-6-10-19)26(34-22)29(20-11-7-4-8-12-20)27-23(35-26)25(31)33-2/h3-17H,1-2H3/b22-17+/t26-/m1/s1. The third-order valence-electron chi connectivity index (χ3n) is 5.42. The molecule has 0 N–H and O–H groups in total. The summed E-state index contributed by atoms with van der Waals surface area (Å²) >= 11 is 2.54. The SMILES string of the molecule is COC(=O)C1=NN(c2ccccc2)[C@@]2(S1)S/C(=C/c1ccc(OC)cc1)C(=O)N2c1ccccc1. The van der Waals surface area contributed by atoms with Gasteiger partial charge in [0.25, 0.3) is 5.91 Å². The first-order valence-electron chi connectivity index (χ1n) is 10.7. The Hall–Kier alpha value is -3.69. The van der Waals surface area contributed by atoms with E-state index in [0.717, 1.165) is 17.0 Å². The average Bonchev–Trinajstić information content (AvgIpc) is 3.41. The molecule has 1 saturated heterocycles. The molecule has 9 heteroatoms. The lowest BCUT2D eigenvalue weighted by Crippen LogP contribution is -2.51. The van der Waals surface area contributed by atoms with Crippen molar-refractivity contribution in [2.75, 3.05) is 24.1 Å². The molecule has 0 saturated carbocycles. The van der Waals surface area contributed by atoms with Gasteiger partial charge in [-0.05, 0) is 59.8 Å². The number of carbonyl (C=O) groups is 2. The van der Waals surface area contributed by atoms with E-state index in [4.69, 9.17) is 9.47 Å². The number of para-hydroxylation sites is 2. The largest absolute Gasteiger partial charge is 0.497 e. The number of amides is 1. The second-order valence-corrected chi connectivity index (χ2v) is 10.2. The van der Waals surface area contributed by atoms with Crippen LogP contribution in [0.1, 0.15) is 5.56 Å². The second-order valence-electron chi connectivity index (χ2n) is 7.55. The van der Waals surface area contributed by atoms with Crippen LogP contribution in [0.2, 0.25) is 0 Å². The van der Waals surface area contributed by atoms with Gasteiger partial charge in [-0.15, -0.1) is 0 Å². The van der Waals surface area contributed by atoms with E-state index in [0.29, 0.717) is 10.6 Å². The summed E-state index contributed by atoms with van der Waals surface area (Å²) in [6.45, 7) is 0. The number of rotatable bonds is 5. The van der Waals surface area contributed by atoms with Gasteiger partial charge in [0.05, 0.1) is 24.8 Å². The molecule has 0 aliphatic carbocycles. The molecule has 2 aliphatic heterocycles. The van der Waals surface area contributed by atoms with Crippen molar-refractivity contribution in [1.29, 1.82) is 0 Å². The minimum Gasteiger partial charge on any atom is -0.497 e. The lowest BCUT2D eigenvalue weighted by Gasteiger charge is -2.38. The molecule has 5 rings (SSSR count). The molecule has 1 amide bonds. The first-order valence-corrected chi connectivity index (χ1v) is 12.3. The molecule has 1 fully saturated rings. The number of carbonyl (C=O) groups excluding carboxylic acids is 2. The summed E-state index contributed by atoms with van der Waals surface area (Å²) in [5, 5.41) is 6.50. The number of esters is 1. The van der Waals surface area contributed by atoms with Gasteiger partial charge in [0.1, 0.15) is 5.75 Å². The Morgan fingerprint density at radius 1 is 0.886 bits per heavy atom. The van der Waals surface area contributed by atoms with Crippen LogP contribution < -0.4 is 14.6 Å². The molecule has 3 aromatic rings. The summed E-state index contributed by atoms with van der Waals surface area (Å²) in [6, 6.07) is 26.3. The molecule has 176 valence electrons. The zero-order valence-electron chi connectivity index (χ0n) is 19.0. The van der Waals surface area contributed by atoms with Crippen molar-refractivity contribution in [2.45, 2.75) is 4.33 Å². The van der Waals surface area contributed by atoms with Crippen molar-refractivity contribution in [3.05, 3.63) is 95.4 Å². The fourth-order valence-electron chi connectivity index (χ4n) is 3.78. The summed E-state index contributed by atoms with van der Waals surface area (Å²) in [5.41, 5.74) is 2.29. The van der Waals surface area contributed by atoms with E-state index in [2.05, 4.69) is 5.10 Å². The molecule has 2 heterocycles. The predicted molar refractivity (Wildman–Crippen MR) is 141 cm³/mol. The van der Waals surface area contributed by atoms with Gasteiger partial charge in [0.15, 0.2) is 0 Å². The van der Waals surface area contributed by atoms with Crippen LogP contribution in [0.4, 0.5) is 11.4 Å². The maximum Gasteiger partial charge on any atom is 0.365 e. The van der Waals surface area contributed by atoms with Gasteiger partial charge in [-0.25, -0.2) is 9.80 Å². The molecule has 2 aliphatic rings. The van der Waals surface area contributed by atoms with Crippen LogP contribution in [0, 0.1) is 0 Å². The zero-order valence-corrected chi connectivity index (χ0v) is 20.6. The third kappa shape index (κ3) is 4.17. The highest BCUT2D eigenvalue weighted by molar-refractivity contribution is 8.29. The first kappa shape index (κ1) is 23.1. The Kier molecular flexibility index (Phi) is 6.27. The number of benzene rings is 3. The van der Waals surface area contributed by atoms with Crippen molar-refractivity contribution in [3.63, 3.8) is 0 Å². The highest BCUT2D eigenvalue weighted by Gasteiger charge is 2.60. The molecule has 35 heavy (non-hydrogen) atoms. The fourth-order valence-corrected chi connectivity index (χ4v) is 6.68. The smallest absolute Gasteiger partial charge is 0.365 e. The average molecular weight is 504 g/mol. The van der Waals surface area contributed by atoms with Gasteiger partial charge in [0.2, 0.25) is 9.37 Å². The molecule has 0 bridgehead atoms. The molecule has 0 unspecified atom stereocenters. The Morgan fingerprint density at radius 2 is 1.51 bits per heavy atom. The summed E-state index contributed by atoms with van der Waals surface area (Å²) in [4.78, 5) is 28.7. The number of nitrogens with zero attached hydrogens (tertiary/aromatic N) is 3. The van der Waals surface area contributed by atoms with Crippen LogP contribution in [0.3, 0.4) is 0 Å². The van der Waals surface area contributed by atoms with E-state index in [-0.39, 0.29) is 11.0 Å². The number of hydrogen-bond donors (Lipinski definition) is 0. The molecule has 0 aromatic heterocycles. The minimum absolute atomic E-state index is 0.170. The number of thioether (sulfide) groups is 2. The monoisotopic (exact) mass is 503 g/mol. The normalized spacial score (nSPS) is 20.5. The molecule has 0 radical (unpaired) electrons. The van der Waals surface area contributed by atoms with Crippen LogP contribution in [0.5, 0.6) is 5.75 Å². The van der Waals surface area contributed by atoms with E-state index in [9.17, 15) is 9.59 Å². The van der Waals surface area contributed by atoms with E-state index < -0.39 is 10.3 Å². The summed E-state index contributed by atoms with van der Waals surface area (Å²) < 4.78 is 9.13. The maximum absolute atomic E-state index is 13.9. The number of methoxy groups -OCH3 is 2. The van der Waals surface area contributed by atoms with Gasteiger partial charge < -0.3 is 9.47 Å². The van der Waals surface area contributed by atoms with Crippen LogP contribution in [0.25, 0.3) is 6.08 Å². The number of anilines is 2. The van der Waals surface area contributed by atoms with Crippen molar-refractivity contribution in [1.82, 2.24) is 0 Å². The zero-order chi connectivity index (χ0) is 24.4. The van der Waals surface area contributed by atoms with E-state index >= 15 is 0 Å². The van der Waals surface area contributed by atoms with Crippen molar-refractivity contribution in [3.8, 4) is 5.75 Å². The highest BCUT2D eigenvalue weighted by atomic mass is 32.2. The van der Waals surface area contributed by atoms with Crippen LogP contribution in [0.15, 0.2) is 94.9 Å². The molecule has 3 aromatic carbocycles. The topological polar surface area (TPSA) is 71.4 Å². The van der Waals surface area contributed by atoms with Crippen LogP contribution in [-0.4, -0.2) is 35.5 Å². The van der Waals surface area contributed by atoms with Gasteiger partial charge in [0, 0.05) is 5.69 Å². The lowest BCUT2D eigenvalue weighted by atomic mass is 10.2. The minimum atomic E-state index is -1.10. The highest BCUT2D eigenvalue weighted by Crippen LogP contribution is 2.59. The molecular formula is C26H21N3O4S2. The first-order chi connectivity index (χ1) is 17.1. The number of ether oxygens (including phenoxy) is 2. The number of hydrazone groups is 1. The van der Waals surface area contributed by atoms with E-state index in [1.165, 1.54) is 30.6 Å². The molecule has 7 nitrogen and oxygen atoms in total. The Morgan fingerprint density at radius 3 is 2.11 bits per heavy atom. The Labute approximate surface area is 211 Å².